The summed E-state index contributed by atoms with van der Waals surface area (Å²) in [6.07, 6.45) is 0.195. The summed E-state index contributed by atoms with van der Waals surface area (Å²) in [7, 11) is 0. The van der Waals surface area contributed by atoms with E-state index in [1.54, 1.807) is 0 Å². The lowest BCUT2D eigenvalue weighted by molar-refractivity contribution is -0.151. The summed E-state index contributed by atoms with van der Waals surface area (Å²) in [5.74, 6) is -0.698. The predicted octanol–water partition coefficient (Wildman–Crippen LogP) is 1.23. The second-order valence-electron chi connectivity index (χ2n) is 1.80. The van der Waals surface area contributed by atoms with Crippen LogP contribution < -0.4 is 0 Å². The number of carbonyl (C=O) groups is 1. The molecule has 0 aromatic rings. The molecule has 64 valence electrons. The van der Waals surface area contributed by atoms with Crippen LogP contribution in [0.25, 0.3) is 0 Å². The quantitative estimate of drug-likeness (QED) is 0.695. The van der Waals surface area contributed by atoms with Gasteiger partial charge >= 0.3 is 5.97 Å². The minimum atomic E-state index is -1.11. The Morgan fingerprint density at radius 2 is 2.27 bits per heavy atom. The molecule has 0 aliphatic carbocycles. The van der Waals surface area contributed by atoms with Crippen molar-refractivity contribution in [3.8, 4) is 0 Å². The summed E-state index contributed by atoms with van der Waals surface area (Å²) in [5, 5.41) is 8.62. The minimum Gasteiger partial charge on any atom is -0.459 e. The highest BCUT2D eigenvalue weighted by Gasteiger charge is 2.08. The molecular formula is C6H8Cl2O3. The molecule has 0 bridgehead atoms. The first-order valence-electron chi connectivity index (χ1n) is 2.90. The van der Waals surface area contributed by atoms with Gasteiger partial charge in [-0.2, -0.15) is 0 Å². The van der Waals surface area contributed by atoms with Crippen molar-refractivity contribution in [3.63, 3.8) is 0 Å². The van der Waals surface area contributed by atoms with Gasteiger partial charge in [-0.05, 0) is 13.0 Å². The average Bonchev–Trinajstić information content (AvgIpc) is 1.86. The molecule has 0 spiro atoms. The molecular weight excluding hydrogens is 191 g/mol. The maximum absolute atomic E-state index is 10.5. The van der Waals surface area contributed by atoms with Gasteiger partial charge in [0.05, 0.1) is 0 Å². The smallest absolute Gasteiger partial charge is 0.334 e. The first kappa shape index (κ1) is 10.8. The van der Waals surface area contributed by atoms with Gasteiger partial charge in [0, 0.05) is 0 Å². The highest BCUT2D eigenvalue weighted by Crippen LogP contribution is 2.05. The van der Waals surface area contributed by atoms with Crippen LogP contribution in [-0.2, 0) is 9.53 Å². The Morgan fingerprint density at radius 3 is 2.64 bits per heavy atom. The van der Waals surface area contributed by atoms with Gasteiger partial charge in [-0.25, -0.2) is 4.79 Å². The van der Waals surface area contributed by atoms with Crippen LogP contribution in [0.3, 0.4) is 0 Å². The standard InChI is InChI=1S/C6H8Cl2O3/c1-4(9)6(10)11-3-2-5(7)8/h2,4,9H,3H2,1H3. The highest BCUT2D eigenvalue weighted by atomic mass is 35.5. The third kappa shape index (κ3) is 6.16. The monoisotopic (exact) mass is 198 g/mol. The van der Waals surface area contributed by atoms with E-state index in [0.717, 1.165) is 0 Å². The van der Waals surface area contributed by atoms with Crippen LogP contribution in [0, 0.1) is 0 Å². The lowest BCUT2D eigenvalue weighted by Gasteiger charge is -2.02. The predicted molar refractivity (Wildman–Crippen MR) is 42.4 cm³/mol. The highest BCUT2D eigenvalue weighted by molar-refractivity contribution is 6.55. The molecule has 0 amide bonds. The Kier molecular flexibility index (Phi) is 5.28. The normalized spacial score (nSPS) is 12.0. The number of ether oxygens (including phenoxy) is 1. The molecule has 0 fully saturated rings. The summed E-state index contributed by atoms with van der Waals surface area (Å²) in [6, 6.07) is 0. The summed E-state index contributed by atoms with van der Waals surface area (Å²) in [4.78, 5) is 10.5. The van der Waals surface area contributed by atoms with E-state index in [9.17, 15) is 4.79 Å². The van der Waals surface area contributed by atoms with Crippen molar-refractivity contribution in [2.24, 2.45) is 0 Å². The Hall–Kier alpha value is -0.250. The maximum Gasteiger partial charge on any atom is 0.334 e. The molecule has 0 aromatic carbocycles. The van der Waals surface area contributed by atoms with Gasteiger partial charge in [0.2, 0.25) is 0 Å². The zero-order valence-electron chi connectivity index (χ0n) is 5.88. The van der Waals surface area contributed by atoms with E-state index in [1.165, 1.54) is 13.0 Å². The number of rotatable bonds is 3. The number of aliphatic hydroxyl groups excluding tert-OH is 1. The Labute approximate surface area is 74.6 Å². The molecule has 0 saturated carbocycles. The maximum atomic E-state index is 10.5. The number of halogens is 2. The van der Waals surface area contributed by atoms with Crippen LogP contribution in [0.5, 0.6) is 0 Å². The summed E-state index contributed by atoms with van der Waals surface area (Å²) >= 11 is 10.4. The number of aliphatic hydroxyl groups is 1. The average molecular weight is 199 g/mol. The van der Waals surface area contributed by atoms with Crippen LogP contribution in [0.4, 0.5) is 0 Å². The van der Waals surface area contributed by atoms with E-state index < -0.39 is 12.1 Å². The zero-order valence-corrected chi connectivity index (χ0v) is 7.39. The first-order chi connectivity index (χ1) is 5.04. The molecule has 0 aliphatic rings. The fourth-order valence-electron chi connectivity index (χ4n) is 0.307. The van der Waals surface area contributed by atoms with Crippen LogP contribution in [0.15, 0.2) is 10.6 Å². The Bertz CT molecular complexity index is 161. The minimum absolute atomic E-state index is 0.0218. The van der Waals surface area contributed by atoms with Gasteiger partial charge in [-0.1, -0.05) is 23.2 Å². The van der Waals surface area contributed by atoms with Gasteiger partial charge in [-0.3, -0.25) is 0 Å². The molecule has 0 saturated heterocycles. The van der Waals surface area contributed by atoms with E-state index in [4.69, 9.17) is 28.3 Å². The summed E-state index contributed by atoms with van der Waals surface area (Å²) in [5.41, 5.74) is 0. The van der Waals surface area contributed by atoms with Gasteiger partial charge < -0.3 is 9.84 Å². The van der Waals surface area contributed by atoms with E-state index in [-0.39, 0.29) is 11.1 Å². The molecule has 5 heteroatoms. The first-order valence-corrected chi connectivity index (χ1v) is 3.65. The fraction of sp³-hybridized carbons (Fsp3) is 0.500. The molecule has 0 radical (unpaired) electrons. The van der Waals surface area contributed by atoms with E-state index in [1.807, 2.05) is 0 Å². The lowest BCUT2D eigenvalue weighted by atomic mass is 10.4. The van der Waals surface area contributed by atoms with Crippen LogP contribution >= 0.6 is 23.2 Å². The van der Waals surface area contributed by atoms with Crippen LogP contribution in [0.2, 0.25) is 0 Å². The third-order valence-electron chi connectivity index (χ3n) is 0.804. The van der Waals surface area contributed by atoms with E-state index >= 15 is 0 Å². The van der Waals surface area contributed by atoms with Gasteiger partial charge in [-0.15, -0.1) is 0 Å². The molecule has 11 heavy (non-hydrogen) atoms. The SMILES string of the molecule is CC(O)C(=O)OCC=C(Cl)Cl. The van der Waals surface area contributed by atoms with E-state index in [0.29, 0.717) is 0 Å². The second-order valence-corrected chi connectivity index (χ2v) is 2.81. The van der Waals surface area contributed by atoms with Crippen molar-refractivity contribution in [3.05, 3.63) is 10.6 Å². The number of hydrogen-bond donors (Lipinski definition) is 1. The summed E-state index contributed by atoms with van der Waals surface area (Å²) < 4.78 is 4.51. The molecule has 1 unspecified atom stereocenters. The van der Waals surface area contributed by atoms with Crippen molar-refractivity contribution in [2.45, 2.75) is 13.0 Å². The van der Waals surface area contributed by atoms with Crippen molar-refractivity contribution < 1.29 is 14.6 Å². The van der Waals surface area contributed by atoms with Crippen molar-refractivity contribution >= 4 is 29.2 Å². The Morgan fingerprint density at radius 1 is 1.73 bits per heavy atom. The topological polar surface area (TPSA) is 46.5 Å². The lowest BCUT2D eigenvalue weighted by Crippen LogP contribution is -2.19. The van der Waals surface area contributed by atoms with Crippen LogP contribution in [0.1, 0.15) is 6.92 Å². The van der Waals surface area contributed by atoms with E-state index in [2.05, 4.69) is 4.74 Å². The van der Waals surface area contributed by atoms with Crippen molar-refractivity contribution in [2.75, 3.05) is 6.61 Å². The fourth-order valence-corrected chi connectivity index (χ4v) is 0.433. The molecule has 1 N–H and O–H groups in total. The number of esters is 1. The Balaban J connectivity index is 3.56. The zero-order chi connectivity index (χ0) is 8.85. The largest absolute Gasteiger partial charge is 0.459 e. The van der Waals surface area contributed by atoms with Crippen molar-refractivity contribution in [1.82, 2.24) is 0 Å². The van der Waals surface area contributed by atoms with Gasteiger partial charge in [0.25, 0.3) is 0 Å². The van der Waals surface area contributed by atoms with Crippen LogP contribution in [-0.4, -0.2) is 23.8 Å². The second kappa shape index (κ2) is 5.41. The molecule has 0 aromatic heterocycles. The molecule has 0 aliphatic heterocycles. The third-order valence-corrected chi connectivity index (χ3v) is 1.11. The van der Waals surface area contributed by atoms with Gasteiger partial charge in [0.15, 0.2) is 0 Å². The molecule has 1 atom stereocenters. The molecule has 3 nitrogen and oxygen atoms in total. The van der Waals surface area contributed by atoms with Crippen molar-refractivity contribution in [1.29, 1.82) is 0 Å². The van der Waals surface area contributed by atoms with Gasteiger partial charge in [0.1, 0.15) is 17.2 Å². The summed E-state index contributed by atoms with van der Waals surface area (Å²) in [6.45, 7) is 1.29. The molecule has 0 rings (SSSR count). The molecule has 0 heterocycles. The number of hydrogen-bond acceptors (Lipinski definition) is 3. The number of carbonyl (C=O) groups excluding carboxylic acids is 1.